The highest BCUT2D eigenvalue weighted by molar-refractivity contribution is 7.89. The number of hydrogen-bond acceptors (Lipinski definition) is 4. The standard InChI is InChI=1S/C14H20N2O4S/c1-3-12-4-5-13(20-2)14(10-12)21(18,19)16-8-6-15(11-17)7-9-16/h4-5,10-11H,3,6-9H2,1-2H3. The van der Waals surface area contributed by atoms with Gasteiger partial charge in [-0.1, -0.05) is 13.0 Å². The van der Waals surface area contributed by atoms with Crippen LogP contribution in [0.1, 0.15) is 12.5 Å². The van der Waals surface area contributed by atoms with Gasteiger partial charge in [0.05, 0.1) is 7.11 Å². The van der Waals surface area contributed by atoms with E-state index in [-0.39, 0.29) is 4.90 Å². The predicted molar refractivity (Wildman–Crippen MR) is 78.8 cm³/mol. The molecule has 1 heterocycles. The summed E-state index contributed by atoms with van der Waals surface area (Å²) in [5.41, 5.74) is 0.945. The van der Waals surface area contributed by atoms with Crippen LogP contribution in [-0.4, -0.2) is 57.3 Å². The quantitative estimate of drug-likeness (QED) is 0.752. The van der Waals surface area contributed by atoms with Crippen molar-refractivity contribution in [2.75, 3.05) is 33.3 Å². The Bertz CT molecular complexity index is 607. The molecule has 1 amide bonds. The van der Waals surface area contributed by atoms with E-state index in [0.29, 0.717) is 31.9 Å². The highest BCUT2D eigenvalue weighted by Crippen LogP contribution is 2.28. The molecule has 0 aromatic heterocycles. The number of benzene rings is 1. The zero-order chi connectivity index (χ0) is 15.5. The highest BCUT2D eigenvalue weighted by atomic mass is 32.2. The monoisotopic (exact) mass is 312 g/mol. The Hall–Kier alpha value is -1.60. The fourth-order valence-electron chi connectivity index (χ4n) is 2.33. The van der Waals surface area contributed by atoms with Crippen molar-refractivity contribution >= 4 is 16.4 Å². The van der Waals surface area contributed by atoms with Gasteiger partial charge in [-0.05, 0) is 24.1 Å². The van der Waals surface area contributed by atoms with Gasteiger partial charge in [0.15, 0.2) is 0 Å². The molecule has 116 valence electrons. The summed E-state index contributed by atoms with van der Waals surface area (Å²) in [5, 5.41) is 0. The van der Waals surface area contributed by atoms with Crippen LogP contribution in [0.15, 0.2) is 23.1 Å². The molecule has 2 rings (SSSR count). The minimum absolute atomic E-state index is 0.198. The lowest BCUT2D eigenvalue weighted by atomic mass is 10.2. The number of carbonyl (C=O) groups is 1. The van der Waals surface area contributed by atoms with Gasteiger partial charge < -0.3 is 9.64 Å². The summed E-state index contributed by atoms with van der Waals surface area (Å²) in [6, 6.07) is 5.22. The second kappa shape index (κ2) is 6.44. The van der Waals surface area contributed by atoms with E-state index in [2.05, 4.69) is 0 Å². The first-order valence-corrected chi connectivity index (χ1v) is 8.33. The molecule has 1 saturated heterocycles. The van der Waals surface area contributed by atoms with Crippen LogP contribution in [0.2, 0.25) is 0 Å². The first-order chi connectivity index (χ1) is 10.0. The van der Waals surface area contributed by atoms with Gasteiger partial charge in [0.2, 0.25) is 16.4 Å². The molecule has 1 aliphatic heterocycles. The van der Waals surface area contributed by atoms with Gasteiger partial charge in [0.25, 0.3) is 0 Å². The highest BCUT2D eigenvalue weighted by Gasteiger charge is 2.30. The summed E-state index contributed by atoms with van der Waals surface area (Å²) in [7, 11) is -2.14. The van der Waals surface area contributed by atoms with Crippen molar-refractivity contribution in [2.45, 2.75) is 18.2 Å². The van der Waals surface area contributed by atoms with Gasteiger partial charge in [0, 0.05) is 26.2 Å². The maximum atomic E-state index is 12.8. The SMILES string of the molecule is CCc1ccc(OC)c(S(=O)(=O)N2CCN(C=O)CC2)c1. The van der Waals surface area contributed by atoms with Crippen molar-refractivity contribution in [1.29, 1.82) is 0 Å². The van der Waals surface area contributed by atoms with E-state index in [9.17, 15) is 13.2 Å². The largest absolute Gasteiger partial charge is 0.495 e. The second-order valence-electron chi connectivity index (χ2n) is 4.88. The summed E-state index contributed by atoms with van der Waals surface area (Å²) < 4.78 is 32.1. The average molecular weight is 312 g/mol. The van der Waals surface area contributed by atoms with Crippen molar-refractivity contribution in [3.05, 3.63) is 23.8 Å². The molecule has 0 atom stereocenters. The summed E-state index contributed by atoms with van der Waals surface area (Å²) in [6.07, 6.45) is 1.51. The Labute approximate surface area is 125 Å². The average Bonchev–Trinajstić information content (AvgIpc) is 2.54. The van der Waals surface area contributed by atoms with Crippen LogP contribution in [0.3, 0.4) is 0 Å². The zero-order valence-corrected chi connectivity index (χ0v) is 13.1. The Morgan fingerprint density at radius 2 is 1.90 bits per heavy atom. The number of methoxy groups -OCH3 is 1. The number of aryl methyl sites for hydroxylation is 1. The van der Waals surface area contributed by atoms with Crippen LogP contribution in [0, 0.1) is 0 Å². The Morgan fingerprint density at radius 3 is 2.43 bits per heavy atom. The third kappa shape index (κ3) is 3.19. The summed E-state index contributed by atoms with van der Waals surface area (Å²) >= 11 is 0. The fourth-order valence-corrected chi connectivity index (χ4v) is 3.96. The molecule has 1 fully saturated rings. The van der Waals surface area contributed by atoms with Crippen LogP contribution >= 0.6 is 0 Å². The van der Waals surface area contributed by atoms with Crippen LogP contribution in [0.4, 0.5) is 0 Å². The second-order valence-corrected chi connectivity index (χ2v) is 6.79. The normalized spacial score (nSPS) is 16.8. The minimum Gasteiger partial charge on any atom is -0.495 e. The first kappa shape index (κ1) is 15.8. The molecule has 0 bridgehead atoms. The van der Waals surface area contributed by atoms with E-state index in [1.165, 1.54) is 11.4 Å². The number of carbonyl (C=O) groups excluding carboxylic acids is 1. The number of amides is 1. The van der Waals surface area contributed by atoms with Crippen LogP contribution in [0.5, 0.6) is 5.75 Å². The molecule has 0 aliphatic carbocycles. The van der Waals surface area contributed by atoms with Crippen LogP contribution in [-0.2, 0) is 21.2 Å². The molecule has 0 unspecified atom stereocenters. The summed E-state index contributed by atoms with van der Waals surface area (Å²) in [6.45, 7) is 3.42. The smallest absolute Gasteiger partial charge is 0.246 e. The van der Waals surface area contributed by atoms with Crippen LogP contribution < -0.4 is 4.74 Å². The molecule has 0 radical (unpaired) electrons. The lowest BCUT2D eigenvalue weighted by molar-refractivity contribution is -0.119. The number of rotatable bonds is 5. The zero-order valence-electron chi connectivity index (χ0n) is 12.3. The van der Waals surface area contributed by atoms with Gasteiger partial charge in [-0.25, -0.2) is 8.42 Å². The fraction of sp³-hybridized carbons (Fsp3) is 0.500. The first-order valence-electron chi connectivity index (χ1n) is 6.89. The molecule has 7 heteroatoms. The van der Waals surface area contributed by atoms with Crippen molar-refractivity contribution in [3.63, 3.8) is 0 Å². The van der Waals surface area contributed by atoms with E-state index < -0.39 is 10.0 Å². The van der Waals surface area contributed by atoms with E-state index in [0.717, 1.165) is 18.4 Å². The third-order valence-electron chi connectivity index (χ3n) is 3.68. The molecule has 1 aliphatic rings. The Kier molecular flexibility index (Phi) is 4.84. The van der Waals surface area contributed by atoms with Crippen molar-refractivity contribution in [2.24, 2.45) is 0 Å². The number of hydrogen-bond donors (Lipinski definition) is 0. The van der Waals surface area contributed by atoms with Gasteiger partial charge >= 0.3 is 0 Å². The molecule has 21 heavy (non-hydrogen) atoms. The predicted octanol–water partition coefficient (Wildman–Crippen LogP) is 0.720. The lowest BCUT2D eigenvalue weighted by Crippen LogP contribution is -2.48. The molecule has 0 N–H and O–H groups in total. The van der Waals surface area contributed by atoms with Gasteiger partial charge in [0.1, 0.15) is 10.6 Å². The Balaban J connectivity index is 2.33. The molecular formula is C14H20N2O4S. The number of nitrogens with zero attached hydrogens (tertiary/aromatic N) is 2. The van der Waals surface area contributed by atoms with E-state index >= 15 is 0 Å². The molecule has 0 spiro atoms. The van der Waals surface area contributed by atoms with Crippen molar-refractivity contribution in [1.82, 2.24) is 9.21 Å². The number of sulfonamides is 1. The molecular weight excluding hydrogens is 292 g/mol. The van der Waals surface area contributed by atoms with Gasteiger partial charge in [-0.2, -0.15) is 4.31 Å². The summed E-state index contributed by atoms with van der Waals surface area (Å²) in [5.74, 6) is 0.352. The van der Waals surface area contributed by atoms with Gasteiger partial charge in [-0.3, -0.25) is 4.79 Å². The van der Waals surface area contributed by atoms with Crippen molar-refractivity contribution in [3.8, 4) is 5.75 Å². The minimum atomic E-state index is -3.60. The van der Waals surface area contributed by atoms with E-state index in [1.54, 1.807) is 17.0 Å². The van der Waals surface area contributed by atoms with Gasteiger partial charge in [-0.15, -0.1) is 0 Å². The maximum absolute atomic E-state index is 12.8. The summed E-state index contributed by atoms with van der Waals surface area (Å²) in [4.78, 5) is 12.5. The number of piperazine rings is 1. The topological polar surface area (TPSA) is 66.9 Å². The van der Waals surface area contributed by atoms with Crippen LogP contribution in [0.25, 0.3) is 0 Å². The molecule has 0 saturated carbocycles. The van der Waals surface area contributed by atoms with E-state index in [1.807, 2.05) is 13.0 Å². The number of ether oxygens (including phenoxy) is 1. The molecule has 6 nitrogen and oxygen atoms in total. The van der Waals surface area contributed by atoms with E-state index in [4.69, 9.17) is 4.74 Å². The Morgan fingerprint density at radius 1 is 1.24 bits per heavy atom. The maximum Gasteiger partial charge on any atom is 0.246 e. The third-order valence-corrected chi connectivity index (χ3v) is 5.60. The molecule has 1 aromatic carbocycles. The van der Waals surface area contributed by atoms with Crippen molar-refractivity contribution < 1.29 is 17.9 Å². The lowest BCUT2D eigenvalue weighted by Gasteiger charge is -2.32. The molecule has 1 aromatic rings.